The highest BCUT2D eigenvalue weighted by atomic mass is 16.2. The number of anilines is 1. The summed E-state index contributed by atoms with van der Waals surface area (Å²) in [5.74, 6) is 0.101. The Hall–Kier alpha value is -2.37. The van der Waals surface area contributed by atoms with E-state index in [9.17, 15) is 14.4 Å². The van der Waals surface area contributed by atoms with E-state index in [1.165, 1.54) is 0 Å². The topological polar surface area (TPSA) is 78.5 Å². The van der Waals surface area contributed by atoms with Crippen LogP contribution >= 0.6 is 0 Å². The van der Waals surface area contributed by atoms with E-state index in [4.69, 9.17) is 0 Å². The number of nitrogens with one attached hydrogen (secondary N) is 2. The number of amides is 3. The molecule has 0 bridgehead atoms. The molecule has 1 aliphatic heterocycles. The van der Waals surface area contributed by atoms with Gasteiger partial charge in [0.25, 0.3) is 5.91 Å². The van der Waals surface area contributed by atoms with Crippen LogP contribution in [0, 0.1) is 5.92 Å². The molecule has 1 aromatic rings. The monoisotopic (exact) mass is 329 g/mol. The van der Waals surface area contributed by atoms with Crippen molar-refractivity contribution in [3.63, 3.8) is 0 Å². The lowest BCUT2D eigenvalue weighted by Crippen LogP contribution is -2.32. The van der Waals surface area contributed by atoms with Crippen molar-refractivity contribution in [2.45, 2.75) is 32.1 Å². The van der Waals surface area contributed by atoms with Gasteiger partial charge in [-0.05, 0) is 49.9 Å². The molecule has 24 heavy (non-hydrogen) atoms. The van der Waals surface area contributed by atoms with Gasteiger partial charge in [0.05, 0.1) is 0 Å². The molecule has 1 aromatic carbocycles. The van der Waals surface area contributed by atoms with E-state index in [2.05, 4.69) is 10.6 Å². The van der Waals surface area contributed by atoms with Crippen LogP contribution in [-0.4, -0.2) is 42.3 Å². The first-order valence-corrected chi connectivity index (χ1v) is 8.60. The van der Waals surface area contributed by atoms with E-state index in [0.717, 1.165) is 38.8 Å². The van der Waals surface area contributed by atoms with Gasteiger partial charge in [-0.3, -0.25) is 14.4 Å². The lowest BCUT2D eigenvalue weighted by molar-refractivity contribution is -0.130. The van der Waals surface area contributed by atoms with Gasteiger partial charge in [-0.2, -0.15) is 0 Å². The maximum atomic E-state index is 12.1. The number of benzene rings is 1. The second-order valence-corrected chi connectivity index (χ2v) is 6.43. The summed E-state index contributed by atoms with van der Waals surface area (Å²) in [5.41, 5.74) is 1.22. The molecule has 6 heteroatoms. The Kier molecular flexibility index (Phi) is 5.13. The molecule has 0 spiro atoms. The molecule has 0 radical (unpaired) electrons. The fourth-order valence-electron chi connectivity index (χ4n) is 2.80. The highest BCUT2D eigenvalue weighted by Gasteiger charge is 2.29. The summed E-state index contributed by atoms with van der Waals surface area (Å²) in [6.45, 7) is 2.01. The lowest BCUT2D eigenvalue weighted by Gasteiger charge is -2.15. The van der Waals surface area contributed by atoms with Crippen LogP contribution in [0.1, 0.15) is 42.5 Å². The van der Waals surface area contributed by atoms with Crippen molar-refractivity contribution in [1.29, 1.82) is 0 Å². The number of hydrogen-bond donors (Lipinski definition) is 2. The summed E-state index contributed by atoms with van der Waals surface area (Å²) in [6, 6.07) is 6.81. The van der Waals surface area contributed by atoms with Gasteiger partial charge in [0.15, 0.2) is 0 Å². The largest absolute Gasteiger partial charge is 0.352 e. The first kappa shape index (κ1) is 16.5. The second kappa shape index (κ2) is 7.47. The number of carbonyl (C=O) groups excluding carboxylic acids is 3. The first-order chi connectivity index (χ1) is 11.6. The minimum Gasteiger partial charge on any atom is -0.352 e. The molecule has 1 saturated heterocycles. The molecular weight excluding hydrogens is 306 g/mol. The molecule has 2 aliphatic rings. The van der Waals surface area contributed by atoms with Gasteiger partial charge in [-0.15, -0.1) is 0 Å². The second-order valence-electron chi connectivity index (χ2n) is 6.43. The molecule has 2 fully saturated rings. The number of likely N-dealkylation sites (tertiary alicyclic amines) is 1. The van der Waals surface area contributed by atoms with Gasteiger partial charge in [0.1, 0.15) is 0 Å². The average molecular weight is 329 g/mol. The smallest absolute Gasteiger partial charge is 0.251 e. The van der Waals surface area contributed by atoms with Gasteiger partial charge < -0.3 is 15.5 Å². The molecule has 3 amide bonds. The van der Waals surface area contributed by atoms with Crippen LogP contribution in [0.15, 0.2) is 24.3 Å². The van der Waals surface area contributed by atoms with Crippen LogP contribution in [0.2, 0.25) is 0 Å². The standard InChI is InChI=1S/C18H23N3O3/c22-16(21-11-1-2-12-21)9-10-19-17(23)13-5-7-15(8-6-13)20-18(24)14-3-4-14/h5-8,14H,1-4,9-12H2,(H,19,23)(H,20,24). The van der Waals surface area contributed by atoms with Crippen LogP contribution in [-0.2, 0) is 9.59 Å². The van der Waals surface area contributed by atoms with Crippen LogP contribution in [0.25, 0.3) is 0 Å². The van der Waals surface area contributed by atoms with E-state index >= 15 is 0 Å². The maximum absolute atomic E-state index is 12.1. The zero-order chi connectivity index (χ0) is 16.9. The Labute approximate surface area is 141 Å². The van der Waals surface area contributed by atoms with E-state index < -0.39 is 0 Å². The fraction of sp³-hybridized carbons (Fsp3) is 0.500. The molecule has 6 nitrogen and oxygen atoms in total. The molecule has 1 saturated carbocycles. The molecule has 0 aromatic heterocycles. The van der Waals surface area contributed by atoms with E-state index in [-0.39, 0.29) is 23.6 Å². The van der Waals surface area contributed by atoms with E-state index in [1.807, 2.05) is 4.90 Å². The molecular formula is C18H23N3O3. The predicted octanol–water partition coefficient (Wildman–Crippen LogP) is 1.78. The van der Waals surface area contributed by atoms with Crippen LogP contribution < -0.4 is 10.6 Å². The van der Waals surface area contributed by atoms with E-state index in [1.54, 1.807) is 24.3 Å². The van der Waals surface area contributed by atoms with Gasteiger partial charge in [-0.1, -0.05) is 0 Å². The summed E-state index contributed by atoms with van der Waals surface area (Å²) in [4.78, 5) is 37.5. The lowest BCUT2D eigenvalue weighted by atomic mass is 10.2. The van der Waals surface area contributed by atoms with Crippen molar-refractivity contribution >= 4 is 23.4 Å². The SMILES string of the molecule is O=C(NCCC(=O)N1CCCC1)c1ccc(NC(=O)C2CC2)cc1. The number of rotatable bonds is 6. The third-order valence-corrected chi connectivity index (χ3v) is 4.45. The van der Waals surface area contributed by atoms with Crippen LogP contribution in [0.3, 0.4) is 0 Å². The third-order valence-electron chi connectivity index (χ3n) is 4.45. The summed E-state index contributed by atoms with van der Waals surface area (Å²) >= 11 is 0. The minimum absolute atomic E-state index is 0.0487. The highest BCUT2D eigenvalue weighted by molar-refractivity contribution is 5.96. The van der Waals surface area contributed by atoms with Gasteiger partial charge in [0.2, 0.25) is 11.8 Å². The normalized spacial score (nSPS) is 16.8. The van der Waals surface area contributed by atoms with Crippen molar-refractivity contribution in [3.05, 3.63) is 29.8 Å². The molecule has 0 atom stereocenters. The summed E-state index contributed by atoms with van der Waals surface area (Å²) in [5, 5.41) is 5.61. The maximum Gasteiger partial charge on any atom is 0.251 e. The Morgan fingerprint density at radius 3 is 2.33 bits per heavy atom. The van der Waals surface area contributed by atoms with Crippen LogP contribution in [0.4, 0.5) is 5.69 Å². The predicted molar refractivity (Wildman–Crippen MR) is 90.6 cm³/mol. The minimum atomic E-state index is -0.204. The molecule has 2 N–H and O–H groups in total. The summed E-state index contributed by atoms with van der Waals surface area (Å²) < 4.78 is 0. The molecule has 3 rings (SSSR count). The van der Waals surface area contributed by atoms with Crippen molar-refractivity contribution in [1.82, 2.24) is 10.2 Å². The Balaban J connectivity index is 1.42. The first-order valence-electron chi connectivity index (χ1n) is 8.60. The molecule has 1 aliphatic carbocycles. The van der Waals surface area contributed by atoms with Crippen molar-refractivity contribution in [2.75, 3.05) is 25.0 Å². The number of hydrogen-bond acceptors (Lipinski definition) is 3. The zero-order valence-electron chi connectivity index (χ0n) is 13.7. The van der Waals surface area contributed by atoms with Crippen molar-refractivity contribution in [2.24, 2.45) is 5.92 Å². The number of carbonyl (C=O) groups is 3. The van der Waals surface area contributed by atoms with E-state index in [0.29, 0.717) is 24.2 Å². The van der Waals surface area contributed by atoms with Gasteiger partial charge >= 0.3 is 0 Å². The quantitative estimate of drug-likeness (QED) is 0.835. The molecule has 1 heterocycles. The molecule has 0 unspecified atom stereocenters. The van der Waals surface area contributed by atoms with Crippen molar-refractivity contribution < 1.29 is 14.4 Å². The van der Waals surface area contributed by atoms with Crippen molar-refractivity contribution in [3.8, 4) is 0 Å². The Morgan fingerprint density at radius 2 is 1.71 bits per heavy atom. The third kappa shape index (κ3) is 4.34. The van der Waals surface area contributed by atoms with Gasteiger partial charge in [0, 0.05) is 43.2 Å². The fourth-order valence-corrected chi connectivity index (χ4v) is 2.80. The number of nitrogens with zero attached hydrogens (tertiary/aromatic N) is 1. The summed E-state index contributed by atoms with van der Waals surface area (Å²) in [6.07, 6.45) is 4.40. The highest BCUT2D eigenvalue weighted by Crippen LogP contribution is 2.30. The average Bonchev–Trinajstić information content (AvgIpc) is 3.30. The zero-order valence-corrected chi connectivity index (χ0v) is 13.7. The van der Waals surface area contributed by atoms with Crippen LogP contribution in [0.5, 0.6) is 0 Å². The Bertz CT molecular complexity index is 617. The Morgan fingerprint density at radius 1 is 1.04 bits per heavy atom. The van der Waals surface area contributed by atoms with Gasteiger partial charge in [-0.25, -0.2) is 0 Å². The molecule has 128 valence electrons. The summed E-state index contributed by atoms with van der Waals surface area (Å²) in [7, 11) is 0.